The Morgan fingerprint density at radius 3 is 2.36 bits per heavy atom. The van der Waals surface area contributed by atoms with E-state index in [9.17, 15) is 4.79 Å². The molecule has 2 unspecified atom stereocenters. The molecule has 1 fully saturated rings. The van der Waals surface area contributed by atoms with Gasteiger partial charge in [-0.1, -0.05) is 0 Å². The van der Waals surface area contributed by atoms with E-state index in [-0.39, 0.29) is 12.2 Å². The first-order valence-corrected chi connectivity index (χ1v) is 4.07. The third-order valence-corrected chi connectivity index (χ3v) is 2.00. The van der Waals surface area contributed by atoms with Crippen molar-refractivity contribution in [1.82, 2.24) is 5.32 Å². The van der Waals surface area contributed by atoms with Crippen LogP contribution < -0.4 is 5.32 Å². The van der Waals surface area contributed by atoms with Gasteiger partial charge in [-0.3, -0.25) is 4.79 Å². The third-order valence-electron chi connectivity index (χ3n) is 2.00. The molecule has 0 aliphatic carbocycles. The van der Waals surface area contributed by atoms with Crippen LogP contribution in [0.3, 0.4) is 0 Å². The van der Waals surface area contributed by atoms with Crippen LogP contribution in [0.2, 0.25) is 0 Å². The second-order valence-corrected chi connectivity index (χ2v) is 3.21. The normalized spacial score (nSPS) is 38.2. The Balaban J connectivity index is 2.36. The lowest BCUT2D eigenvalue weighted by molar-refractivity contribution is -0.111. The van der Waals surface area contributed by atoms with Crippen LogP contribution in [0.15, 0.2) is 0 Å². The maximum absolute atomic E-state index is 10.1. The van der Waals surface area contributed by atoms with Gasteiger partial charge in [0.05, 0.1) is 12.2 Å². The Hall–Kier alpha value is -0.570. The Kier molecular flexibility index (Phi) is 2.88. The molecule has 2 atom stereocenters. The molecule has 0 spiro atoms. The van der Waals surface area contributed by atoms with Crippen molar-refractivity contribution in [3.8, 4) is 0 Å². The topological polar surface area (TPSA) is 38.3 Å². The number of amides is 1. The smallest absolute Gasteiger partial charge is 0.207 e. The molecule has 0 saturated carbocycles. The standard InChI is InChI=1S/C8H15NO2/c1-6-3-8(9-5-10)4-7(2)11-6/h5-8H,3-4H2,1-2H3,(H,9,10). The van der Waals surface area contributed by atoms with Crippen LogP contribution in [0.25, 0.3) is 0 Å². The Bertz CT molecular complexity index is 128. The summed E-state index contributed by atoms with van der Waals surface area (Å²) < 4.78 is 5.51. The Labute approximate surface area is 67.1 Å². The lowest BCUT2D eigenvalue weighted by Crippen LogP contribution is -2.40. The van der Waals surface area contributed by atoms with Gasteiger partial charge in [0, 0.05) is 6.04 Å². The molecule has 0 aromatic heterocycles. The molecule has 1 amide bonds. The van der Waals surface area contributed by atoms with Gasteiger partial charge >= 0.3 is 0 Å². The molecular weight excluding hydrogens is 142 g/mol. The summed E-state index contributed by atoms with van der Waals surface area (Å²) in [6.45, 7) is 4.07. The van der Waals surface area contributed by atoms with Crippen molar-refractivity contribution in [2.75, 3.05) is 0 Å². The lowest BCUT2D eigenvalue weighted by atomic mass is 10.0. The summed E-state index contributed by atoms with van der Waals surface area (Å²) in [5.41, 5.74) is 0. The summed E-state index contributed by atoms with van der Waals surface area (Å²) in [6.07, 6.45) is 3.19. The maximum Gasteiger partial charge on any atom is 0.207 e. The highest BCUT2D eigenvalue weighted by Crippen LogP contribution is 2.18. The van der Waals surface area contributed by atoms with Crippen molar-refractivity contribution in [1.29, 1.82) is 0 Å². The number of hydrogen-bond donors (Lipinski definition) is 1. The molecule has 0 bridgehead atoms. The molecule has 64 valence electrons. The van der Waals surface area contributed by atoms with Crippen LogP contribution >= 0.6 is 0 Å². The fourth-order valence-corrected chi connectivity index (χ4v) is 1.64. The Morgan fingerprint density at radius 2 is 1.91 bits per heavy atom. The van der Waals surface area contributed by atoms with E-state index >= 15 is 0 Å². The average molecular weight is 157 g/mol. The van der Waals surface area contributed by atoms with Gasteiger partial charge in [0.15, 0.2) is 0 Å². The minimum Gasteiger partial charge on any atom is -0.375 e. The number of ether oxygens (including phenoxy) is 1. The lowest BCUT2D eigenvalue weighted by Gasteiger charge is -2.31. The maximum atomic E-state index is 10.1. The second kappa shape index (κ2) is 3.72. The molecule has 1 aliphatic rings. The highest BCUT2D eigenvalue weighted by molar-refractivity contribution is 5.46. The Morgan fingerprint density at radius 1 is 1.36 bits per heavy atom. The van der Waals surface area contributed by atoms with Crippen LogP contribution in [0.4, 0.5) is 0 Å². The van der Waals surface area contributed by atoms with Crippen molar-refractivity contribution in [2.24, 2.45) is 0 Å². The molecule has 11 heavy (non-hydrogen) atoms. The van der Waals surface area contributed by atoms with Crippen molar-refractivity contribution < 1.29 is 9.53 Å². The van der Waals surface area contributed by atoms with Gasteiger partial charge in [0.2, 0.25) is 6.41 Å². The van der Waals surface area contributed by atoms with Gasteiger partial charge in [-0.2, -0.15) is 0 Å². The number of nitrogens with one attached hydrogen (secondary N) is 1. The number of rotatable bonds is 2. The van der Waals surface area contributed by atoms with Gasteiger partial charge in [-0.15, -0.1) is 0 Å². The minimum absolute atomic E-state index is 0.274. The van der Waals surface area contributed by atoms with E-state index < -0.39 is 0 Å². The van der Waals surface area contributed by atoms with Crippen molar-refractivity contribution in [3.05, 3.63) is 0 Å². The van der Waals surface area contributed by atoms with Crippen LogP contribution in [0.5, 0.6) is 0 Å². The molecule has 1 saturated heterocycles. The van der Waals surface area contributed by atoms with Crippen molar-refractivity contribution in [2.45, 2.75) is 44.9 Å². The van der Waals surface area contributed by atoms with Gasteiger partial charge in [-0.05, 0) is 26.7 Å². The van der Waals surface area contributed by atoms with E-state index in [1.807, 2.05) is 13.8 Å². The first-order chi connectivity index (χ1) is 5.22. The van der Waals surface area contributed by atoms with Gasteiger partial charge in [0.25, 0.3) is 0 Å². The zero-order valence-electron chi connectivity index (χ0n) is 7.04. The summed E-state index contributed by atoms with van der Waals surface area (Å²) in [5.74, 6) is 0. The fraction of sp³-hybridized carbons (Fsp3) is 0.875. The molecule has 0 aromatic carbocycles. The summed E-state index contributed by atoms with van der Waals surface area (Å²) in [4.78, 5) is 10.1. The minimum atomic E-state index is 0.274. The molecule has 0 radical (unpaired) electrons. The number of hydrogen-bond acceptors (Lipinski definition) is 2. The molecule has 1 heterocycles. The van der Waals surface area contributed by atoms with E-state index in [0.29, 0.717) is 6.04 Å². The van der Waals surface area contributed by atoms with E-state index in [1.165, 1.54) is 0 Å². The van der Waals surface area contributed by atoms with E-state index in [1.54, 1.807) is 0 Å². The molecular formula is C8H15NO2. The van der Waals surface area contributed by atoms with Crippen LogP contribution in [-0.4, -0.2) is 24.7 Å². The molecule has 0 aromatic rings. The van der Waals surface area contributed by atoms with Crippen LogP contribution in [0.1, 0.15) is 26.7 Å². The molecule has 1 rings (SSSR count). The van der Waals surface area contributed by atoms with E-state index in [4.69, 9.17) is 4.74 Å². The molecule has 1 aliphatic heterocycles. The summed E-state index contributed by atoms with van der Waals surface area (Å²) in [7, 11) is 0. The van der Waals surface area contributed by atoms with E-state index in [0.717, 1.165) is 19.3 Å². The summed E-state index contributed by atoms with van der Waals surface area (Å²) in [5, 5.41) is 2.78. The highest BCUT2D eigenvalue weighted by Gasteiger charge is 2.23. The number of carbonyl (C=O) groups is 1. The van der Waals surface area contributed by atoms with Gasteiger partial charge in [0.1, 0.15) is 0 Å². The van der Waals surface area contributed by atoms with Gasteiger partial charge in [-0.25, -0.2) is 0 Å². The van der Waals surface area contributed by atoms with E-state index in [2.05, 4.69) is 5.32 Å². The first kappa shape index (κ1) is 8.53. The van der Waals surface area contributed by atoms with Gasteiger partial charge < -0.3 is 10.1 Å². The summed E-state index contributed by atoms with van der Waals surface area (Å²) >= 11 is 0. The number of carbonyl (C=O) groups excluding carboxylic acids is 1. The molecule has 3 nitrogen and oxygen atoms in total. The molecule has 1 N–H and O–H groups in total. The zero-order valence-corrected chi connectivity index (χ0v) is 7.04. The quantitative estimate of drug-likeness (QED) is 0.599. The predicted octanol–water partition coefficient (Wildman–Crippen LogP) is 0.688. The first-order valence-electron chi connectivity index (χ1n) is 4.07. The monoisotopic (exact) mass is 157 g/mol. The predicted molar refractivity (Wildman–Crippen MR) is 42.2 cm³/mol. The SMILES string of the molecule is CC1CC(NC=O)CC(C)O1. The van der Waals surface area contributed by atoms with Crippen molar-refractivity contribution in [3.63, 3.8) is 0 Å². The fourth-order valence-electron chi connectivity index (χ4n) is 1.64. The molecule has 3 heteroatoms. The zero-order chi connectivity index (χ0) is 8.27. The largest absolute Gasteiger partial charge is 0.375 e. The highest BCUT2D eigenvalue weighted by atomic mass is 16.5. The van der Waals surface area contributed by atoms with Crippen LogP contribution in [-0.2, 0) is 9.53 Å². The second-order valence-electron chi connectivity index (χ2n) is 3.21. The van der Waals surface area contributed by atoms with Crippen molar-refractivity contribution >= 4 is 6.41 Å². The average Bonchev–Trinajstić information content (AvgIpc) is 1.85. The van der Waals surface area contributed by atoms with Crippen LogP contribution in [0, 0.1) is 0 Å². The third kappa shape index (κ3) is 2.50. The summed E-state index contributed by atoms with van der Waals surface area (Å²) in [6, 6.07) is 0.311.